The molecule has 0 amide bonds. The summed E-state index contributed by atoms with van der Waals surface area (Å²) in [5.41, 5.74) is -1.61. The second-order valence-corrected chi connectivity index (χ2v) is 6.10. The van der Waals surface area contributed by atoms with Crippen LogP contribution in [0.25, 0.3) is 0 Å². The zero-order valence-corrected chi connectivity index (χ0v) is 11.6. The van der Waals surface area contributed by atoms with Gasteiger partial charge in [0.05, 0.1) is 15.3 Å². The monoisotopic (exact) mass is 311 g/mol. The van der Waals surface area contributed by atoms with Gasteiger partial charge in [-0.3, -0.25) is 4.79 Å². The number of piperidine rings is 1. The van der Waals surface area contributed by atoms with Crippen LogP contribution >= 0.6 is 0 Å². The summed E-state index contributed by atoms with van der Waals surface area (Å²) in [5, 5.41) is 0. The lowest BCUT2D eigenvalue weighted by atomic mass is 9.52. The third-order valence-electron chi connectivity index (χ3n) is 5.32. The van der Waals surface area contributed by atoms with Gasteiger partial charge in [-0.1, -0.05) is 6.04 Å². The lowest BCUT2D eigenvalue weighted by molar-refractivity contribution is -0.138. The Bertz CT molecular complexity index is 1130. The van der Waals surface area contributed by atoms with Gasteiger partial charge in [0, 0.05) is 31.6 Å². The van der Waals surface area contributed by atoms with Crippen molar-refractivity contribution < 1.29 is 30.7 Å². The molecule has 2 fully saturated rings. The van der Waals surface area contributed by atoms with Crippen LogP contribution in [-0.4, -0.2) is 43.3 Å². The predicted octanol–water partition coefficient (Wildman–Crippen LogP) is 1.93. The molecule has 4 atom stereocenters. The molecule has 1 aromatic rings. The summed E-state index contributed by atoms with van der Waals surface area (Å²) in [6.07, 6.45) is -6.40. The van der Waals surface area contributed by atoms with Crippen LogP contribution in [0.1, 0.15) is 46.8 Å². The zero-order chi connectivity index (χ0) is 25.4. The number of likely N-dealkylation sites (tertiary alicyclic amines) is 1. The number of benzene rings is 1. The molecule has 1 spiro atoms. The number of carbonyl (C=O) groups is 1. The average molecular weight is 311 g/mol. The van der Waals surface area contributed by atoms with Crippen molar-refractivity contribution in [3.05, 3.63) is 23.2 Å². The van der Waals surface area contributed by atoms with Gasteiger partial charge in [0.15, 0.2) is 23.4 Å². The first-order valence-corrected chi connectivity index (χ1v) is 7.18. The Kier molecular flexibility index (Phi) is 1.07. The average Bonchev–Trinajstić information content (AvgIpc) is 2.92. The number of carbonyl (C=O) groups excluding carboxylic acids is 1. The van der Waals surface area contributed by atoms with E-state index in [1.165, 1.54) is 0 Å². The number of ether oxygens (including phenoxy) is 2. The minimum absolute atomic E-state index is 0.0162. The molecule has 4 aliphatic rings. The van der Waals surface area contributed by atoms with E-state index < -0.39 is 80.3 Å². The van der Waals surface area contributed by atoms with E-state index in [-0.39, 0.29) is 29.8 Å². The van der Waals surface area contributed by atoms with Crippen LogP contribution < -0.4 is 9.47 Å². The molecule has 1 saturated carbocycles. The molecule has 1 aromatic carbocycles. The highest BCUT2D eigenvalue weighted by atomic mass is 16.5. The first kappa shape index (κ1) is 5.82. The molecule has 22 heavy (non-hydrogen) atoms. The Balaban J connectivity index is 1.89. The molecule has 2 bridgehead atoms. The van der Waals surface area contributed by atoms with Crippen LogP contribution in [0.5, 0.6) is 11.5 Å². The maximum absolute atomic E-state index is 13.3. The summed E-state index contributed by atoms with van der Waals surface area (Å²) in [6, 6.07) is -3.23. The Morgan fingerprint density at radius 3 is 3.45 bits per heavy atom. The smallest absolute Gasteiger partial charge is 0.174 e. The summed E-state index contributed by atoms with van der Waals surface area (Å²) in [6.45, 7) is -2.99. The summed E-state index contributed by atoms with van der Waals surface area (Å²) in [4.78, 5) is 14.3. The molecule has 0 aromatic heterocycles. The molecule has 5 rings (SSSR count). The maximum atomic E-state index is 13.3. The van der Waals surface area contributed by atoms with Crippen LogP contribution in [0.3, 0.4) is 0 Å². The number of hydrogen-bond donors (Lipinski definition) is 0. The maximum Gasteiger partial charge on any atom is 0.174 e. The lowest BCUT2D eigenvalue weighted by Gasteiger charge is -2.57. The highest BCUT2D eigenvalue weighted by Crippen LogP contribution is 2.62. The minimum atomic E-state index is -3.05. The molecule has 1 unspecified atom stereocenters. The van der Waals surface area contributed by atoms with E-state index >= 15 is 0 Å². The summed E-state index contributed by atoms with van der Waals surface area (Å²) >= 11 is 0. The van der Waals surface area contributed by atoms with Crippen molar-refractivity contribution in [3.63, 3.8) is 0 Å². The van der Waals surface area contributed by atoms with E-state index in [2.05, 4.69) is 0 Å². The number of rotatable bonds is 1. The number of likely N-dealkylation sites (N-methyl/N-ethyl adjacent to an activating group) is 1. The molecule has 4 nitrogen and oxygen atoms in total. The highest BCUT2D eigenvalue weighted by molar-refractivity contribution is 5.89. The van der Waals surface area contributed by atoms with E-state index in [1.807, 2.05) is 0 Å². The Hall–Kier alpha value is -1.55. The van der Waals surface area contributed by atoms with Gasteiger partial charge in [-0.05, 0) is 50.3 Å². The Labute approximate surface area is 147 Å². The first-order valence-electron chi connectivity index (χ1n) is 13.2. The molecule has 2 aliphatic heterocycles. The predicted molar refractivity (Wildman–Crippen MR) is 81.6 cm³/mol. The van der Waals surface area contributed by atoms with Crippen LogP contribution in [0, 0.1) is 5.92 Å². The fourth-order valence-corrected chi connectivity index (χ4v) is 4.45. The summed E-state index contributed by atoms with van der Waals surface area (Å²) in [5.74, 6) is -3.47. The topological polar surface area (TPSA) is 38.8 Å². The molecule has 4 heteroatoms. The van der Waals surface area contributed by atoms with Gasteiger partial charge in [-0.25, -0.2) is 0 Å². The van der Waals surface area contributed by atoms with Gasteiger partial charge in [0.25, 0.3) is 0 Å². The third kappa shape index (κ3) is 1.27. The normalized spacial score (nSPS) is 56.5. The fraction of sp³-hybridized carbons (Fsp3) is 0.611. The van der Waals surface area contributed by atoms with Crippen LogP contribution in [0.15, 0.2) is 12.1 Å². The second kappa shape index (κ2) is 4.05. The van der Waals surface area contributed by atoms with Crippen LogP contribution in [0.4, 0.5) is 0 Å². The SMILES string of the molecule is [2H]c1c([2H])c(OC([2H])([2H])[2H])c2c3c1C[C@]1([2H])[C@@H]4CC([2H])([2H])C(=O)C([2H])(O2)[C@]34CCN1C([2H])([2H])[2H]. The molecule has 1 saturated heterocycles. The van der Waals surface area contributed by atoms with Gasteiger partial charge in [0.2, 0.25) is 0 Å². The number of ketones is 1. The van der Waals surface area contributed by atoms with Gasteiger partial charge >= 0.3 is 0 Å². The first-order chi connectivity index (χ1) is 15.3. The van der Waals surface area contributed by atoms with E-state index in [4.69, 9.17) is 24.6 Å². The number of hydrogen-bond acceptors (Lipinski definition) is 4. The van der Waals surface area contributed by atoms with E-state index in [9.17, 15) is 6.17 Å². The number of Topliss-reactive ketones (excluding diaryl/α,β-unsaturated/α-hetero) is 1. The highest BCUT2D eigenvalue weighted by Gasteiger charge is 2.65. The van der Waals surface area contributed by atoms with E-state index in [0.717, 1.165) is 4.90 Å². The minimum Gasteiger partial charge on any atom is -0.493 e. The molecular weight excluding hydrogens is 278 g/mol. The third-order valence-corrected chi connectivity index (χ3v) is 5.32. The lowest BCUT2D eigenvalue weighted by Crippen LogP contribution is -2.65. The van der Waals surface area contributed by atoms with Crippen molar-refractivity contribution in [3.8, 4) is 11.5 Å². The van der Waals surface area contributed by atoms with Crippen molar-refractivity contribution >= 4 is 5.78 Å². The molecule has 2 aliphatic carbocycles. The molecule has 2 heterocycles. The van der Waals surface area contributed by atoms with Crippen LogP contribution in [0.2, 0.25) is 0 Å². The number of nitrogens with zero attached hydrogens (tertiary/aromatic N) is 1. The van der Waals surface area contributed by atoms with Gasteiger partial charge in [-0.15, -0.1) is 0 Å². The Morgan fingerprint density at radius 1 is 1.64 bits per heavy atom. The summed E-state index contributed by atoms with van der Waals surface area (Å²) < 4.78 is 109. The van der Waals surface area contributed by atoms with Gasteiger partial charge in [-0.2, -0.15) is 0 Å². The zero-order valence-electron chi connectivity index (χ0n) is 23.6. The largest absolute Gasteiger partial charge is 0.493 e. The van der Waals surface area contributed by atoms with E-state index in [1.54, 1.807) is 0 Å². The Morgan fingerprint density at radius 2 is 2.59 bits per heavy atom. The number of methoxy groups -OCH3 is 1. The van der Waals surface area contributed by atoms with Gasteiger partial charge in [0.1, 0.15) is 0 Å². The van der Waals surface area contributed by atoms with Crippen LogP contribution in [-0.2, 0) is 16.6 Å². The molecule has 0 N–H and O–H groups in total. The van der Waals surface area contributed by atoms with Crippen molar-refractivity contribution in [2.75, 3.05) is 20.6 Å². The van der Waals surface area contributed by atoms with Crippen molar-refractivity contribution in [1.82, 2.24) is 4.90 Å². The molecule has 116 valence electrons. The van der Waals surface area contributed by atoms with Crippen molar-refractivity contribution in [1.29, 1.82) is 0 Å². The molecule has 0 radical (unpaired) electrons. The fourth-order valence-electron chi connectivity index (χ4n) is 4.45. The van der Waals surface area contributed by atoms with Crippen molar-refractivity contribution in [2.45, 2.75) is 43.1 Å². The molecular formula is C18H21NO3. The van der Waals surface area contributed by atoms with E-state index in [0.29, 0.717) is 0 Å². The van der Waals surface area contributed by atoms with Crippen molar-refractivity contribution in [2.24, 2.45) is 5.92 Å². The van der Waals surface area contributed by atoms with Gasteiger partial charge < -0.3 is 14.4 Å². The second-order valence-electron chi connectivity index (χ2n) is 6.10. The standard InChI is InChI=1S/C18H21NO3/c1-19-8-7-18-11-4-5-13(20)17(18)22-16-14(21-2)6-3-10(15(16)18)9-12(11)19/h3,6,11-12,17H,4-5,7-9H2,1-2H3/t11-,12+,17?,18-/m0/s1/i1D3,2D3,3D,5D2,6D,12D,17D. The summed E-state index contributed by atoms with van der Waals surface area (Å²) in [7, 11) is -3.05. The quantitative estimate of drug-likeness (QED) is 0.794.